The minimum absolute atomic E-state index is 0.143. The summed E-state index contributed by atoms with van der Waals surface area (Å²) in [5.74, 6) is 5.57. The average Bonchev–Trinajstić information content (AvgIpc) is 2.79. The van der Waals surface area contributed by atoms with Crippen LogP contribution in [0.4, 0.5) is 0 Å². The molecule has 1 atom stereocenters. The summed E-state index contributed by atoms with van der Waals surface area (Å²) in [6.07, 6.45) is 0.841. The maximum atomic E-state index is 5.95. The molecule has 2 aromatic rings. The van der Waals surface area contributed by atoms with Crippen molar-refractivity contribution < 1.29 is 0 Å². The van der Waals surface area contributed by atoms with Gasteiger partial charge in [0.05, 0.1) is 6.04 Å². The number of benzene rings is 1. The molecule has 4 heteroatoms. The van der Waals surface area contributed by atoms with Crippen molar-refractivity contribution in [2.75, 3.05) is 0 Å². The number of hydrogen-bond acceptors (Lipinski definition) is 3. The molecule has 0 fully saturated rings. The van der Waals surface area contributed by atoms with E-state index in [1.165, 1.54) is 11.1 Å². The highest BCUT2D eigenvalue weighted by Crippen LogP contribution is 2.21. The third-order valence-electron chi connectivity index (χ3n) is 2.48. The van der Waals surface area contributed by atoms with E-state index in [9.17, 15) is 0 Å². The van der Waals surface area contributed by atoms with Crippen LogP contribution >= 0.6 is 22.9 Å². The minimum atomic E-state index is 0.143. The lowest BCUT2D eigenvalue weighted by Crippen LogP contribution is -2.29. The smallest absolute Gasteiger partial charge is 0.0508 e. The zero-order valence-electron chi connectivity index (χ0n) is 8.69. The molecule has 0 amide bonds. The third-order valence-corrected chi connectivity index (χ3v) is 3.41. The van der Waals surface area contributed by atoms with Crippen molar-refractivity contribution in [3.05, 3.63) is 57.2 Å². The number of nitrogens with two attached hydrogens (primary N) is 1. The zero-order valence-corrected chi connectivity index (χ0v) is 10.3. The fraction of sp³-hybridized carbons (Fsp3) is 0.167. The molecule has 0 aliphatic carbocycles. The van der Waals surface area contributed by atoms with Crippen LogP contribution in [0.2, 0.25) is 5.02 Å². The van der Waals surface area contributed by atoms with Gasteiger partial charge in [-0.3, -0.25) is 11.3 Å². The number of hydrazine groups is 1. The Bertz CT molecular complexity index is 442. The van der Waals surface area contributed by atoms with Crippen LogP contribution in [0.25, 0.3) is 0 Å². The van der Waals surface area contributed by atoms with Gasteiger partial charge in [0.15, 0.2) is 0 Å². The van der Waals surface area contributed by atoms with Gasteiger partial charge in [0, 0.05) is 5.02 Å². The van der Waals surface area contributed by atoms with Crippen LogP contribution in [0.3, 0.4) is 0 Å². The Balaban J connectivity index is 2.13. The van der Waals surface area contributed by atoms with Gasteiger partial charge in [-0.25, -0.2) is 0 Å². The Labute approximate surface area is 104 Å². The highest BCUT2D eigenvalue weighted by atomic mass is 35.5. The lowest BCUT2D eigenvalue weighted by Gasteiger charge is -2.14. The summed E-state index contributed by atoms with van der Waals surface area (Å²) in [5.41, 5.74) is 5.23. The first-order valence-corrected chi connectivity index (χ1v) is 6.34. The van der Waals surface area contributed by atoms with E-state index in [0.717, 1.165) is 11.4 Å². The summed E-state index contributed by atoms with van der Waals surface area (Å²) in [6, 6.07) is 10.1. The normalized spacial score (nSPS) is 12.6. The van der Waals surface area contributed by atoms with Crippen molar-refractivity contribution in [1.29, 1.82) is 0 Å². The Hall–Kier alpha value is -0.870. The van der Waals surface area contributed by atoms with Crippen molar-refractivity contribution in [1.82, 2.24) is 5.43 Å². The molecule has 84 valence electrons. The third kappa shape index (κ3) is 2.83. The molecule has 0 saturated heterocycles. The average molecular weight is 253 g/mol. The van der Waals surface area contributed by atoms with Crippen LogP contribution in [-0.4, -0.2) is 0 Å². The van der Waals surface area contributed by atoms with Gasteiger partial charge in [-0.1, -0.05) is 23.7 Å². The minimum Gasteiger partial charge on any atom is -0.271 e. The summed E-state index contributed by atoms with van der Waals surface area (Å²) in [4.78, 5) is 0. The van der Waals surface area contributed by atoms with Gasteiger partial charge in [0.25, 0.3) is 0 Å². The van der Waals surface area contributed by atoms with Crippen LogP contribution in [0.1, 0.15) is 17.2 Å². The molecular formula is C12H13ClN2S. The second kappa shape index (κ2) is 5.46. The predicted molar refractivity (Wildman–Crippen MR) is 69.5 cm³/mol. The molecule has 2 rings (SSSR count). The van der Waals surface area contributed by atoms with Gasteiger partial charge in [-0.15, -0.1) is 0 Å². The summed E-state index contributed by atoms with van der Waals surface area (Å²) < 4.78 is 0. The lowest BCUT2D eigenvalue weighted by atomic mass is 10.0. The highest BCUT2D eigenvalue weighted by molar-refractivity contribution is 7.07. The van der Waals surface area contributed by atoms with Crippen molar-refractivity contribution in [2.45, 2.75) is 12.5 Å². The first kappa shape index (κ1) is 11.6. The lowest BCUT2D eigenvalue weighted by molar-refractivity contribution is 0.553. The van der Waals surface area contributed by atoms with E-state index in [4.69, 9.17) is 17.4 Å². The number of hydrogen-bond donors (Lipinski definition) is 2. The first-order valence-electron chi connectivity index (χ1n) is 5.02. The zero-order chi connectivity index (χ0) is 11.4. The Morgan fingerprint density at radius 2 is 2.25 bits per heavy atom. The van der Waals surface area contributed by atoms with Gasteiger partial charge in [0.1, 0.15) is 0 Å². The van der Waals surface area contributed by atoms with Crippen LogP contribution in [-0.2, 0) is 6.42 Å². The quantitative estimate of drug-likeness (QED) is 0.648. The largest absolute Gasteiger partial charge is 0.271 e. The maximum absolute atomic E-state index is 5.95. The van der Waals surface area contributed by atoms with Crippen molar-refractivity contribution in [3.8, 4) is 0 Å². The molecule has 0 saturated carbocycles. The molecule has 3 N–H and O–H groups in total. The number of rotatable bonds is 4. The van der Waals surface area contributed by atoms with E-state index in [0.29, 0.717) is 0 Å². The monoisotopic (exact) mass is 252 g/mol. The fourth-order valence-corrected chi connectivity index (χ4v) is 2.57. The molecular weight excluding hydrogens is 240 g/mol. The molecule has 0 aliphatic rings. The molecule has 0 aliphatic heterocycles. The van der Waals surface area contributed by atoms with Crippen LogP contribution in [0.15, 0.2) is 41.1 Å². The molecule has 0 bridgehead atoms. The van der Waals surface area contributed by atoms with Crippen molar-refractivity contribution >= 4 is 22.9 Å². The Morgan fingerprint density at radius 3 is 2.88 bits per heavy atom. The van der Waals surface area contributed by atoms with E-state index in [1.807, 2.05) is 18.2 Å². The Kier molecular flexibility index (Phi) is 3.96. The van der Waals surface area contributed by atoms with Gasteiger partial charge >= 0.3 is 0 Å². The summed E-state index contributed by atoms with van der Waals surface area (Å²) in [6.45, 7) is 0. The molecule has 16 heavy (non-hydrogen) atoms. The summed E-state index contributed by atoms with van der Waals surface area (Å²) in [5, 5.41) is 4.92. The topological polar surface area (TPSA) is 38.0 Å². The van der Waals surface area contributed by atoms with Crippen molar-refractivity contribution in [3.63, 3.8) is 0 Å². The van der Waals surface area contributed by atoms with E-state index < -0.39 is 0 Å². The molecule has 1 aromatic heterocycles. The van der Waals surface area contributed by atoms with E-state index in [1.54, 1.807) is 11.3 Å². The van der Waals surface area contributed by atoms with Gasteiger partial charge < -0.3 is 0 Å². The summed E-state index contributed by atoms with van der Waals surface area (Å²) in [7, 11) is 0. The standard InChI is InChI=1S/C12H13ClN2S/c13-11-3-1-2-9(6-11)7-12(15-14)10-4-5-16-8-10/h1-6,8,12,15H,7,14H2. The van der Waals surface area contributed by atoms with Gasteiger partial charge in [-0.2, -0.15) is 11.3 Å². The number of halogens is 1. The van der Waals surface area contributed by atoms with Crippen LogP contribution in [0.5, 0.6) is 0 Å². The van der Waals surface area contributed by atoms with Crippen LogP contribution < -0.4 is 11.3 Å². The molecule has 0 radical (unpaired) electrons. The molecule has 2 nitrogen and oxygen atoms in total. The summed E-state index contributed by atoms with van der Waals surface area (Å²) >= 11 is 7.62. The second-order valence-electron chi connectivity index (χ2n) is 3.61. The predicted octanol–water partition coefficient (Wildman–Crippen LogP) is 3.15. The number of nitrogens with one attached hydrogen (secondary N) is 1. The second-order valence-corrected chi connectivity index (χ2v) is 4.83. The van der Waals surface area contributed by atoms with E-state index in [-0.39, 0.29) is 6.04 Å². The molecule has 1 heterocycles. The first-order chi connectivity index (χ1) is 7.79. The van der Waals surface area contributed by atoms with E-state index >= 15 is 0 Å². The maximum Gasteiger partial charge on any atom is 0.0508 e. The van der Waals surface area contributed by atoms with E-state index in [2.05, 4.69) is 28.3 Å². The van der Waals surface area contributed by atoms with Crippen LogP contribution in [0, 0.1) is 0 Å². The molecule has 0 spiro atoms. The fourth-order valence-electron chi connectivity index (χ4n) is 1.65. The van der Waals surface area contributed by atoms with Crippen molar-refractivity contribution in [2.24, 2.45) is 5.84 Å². The Morgan fingerprint density at radius 1 is 1.38 bits per heavy atom. The molecule has 1 aromatic carbocycles. The highest BCUT2D eigenvalue weighted by Gasteiger charge is 2.10. The SMILES string of the molecule is NNC(Cc1cccc(Cl)c1)c1ccsc1. The van der Waals surface area contributed by atoms with Gasteiger partial charge in [0.2, 0.25) is 0 Å². The molecule has 1 unspecified atom stereocenters. The van der Waals surface area contributed by atoms with Gasteiger partial charge in [-0.05, 0) is 46.5 Å². The number of thiophene rings is 1.